The molecule has 3 fully saturated rings. The molecule has 1 heterocycles. The summed E-state index contributed by atoms with van der Waals surface area (Å²) in [6.45, 7) is 4.24. The first-order chi connectivity index (χ1) is 14.6. The van der Waals surface area contributed by atoms with Gasteiger partial charge in [0, 0.05) is 26.1 Å². The van der Waals surface area contributed by atoms with Gasteiger partial charge in [-0.25, -0.2) is 0 Å². The van der Waals surface area contributed by atoms with Crippen LogP contribution >= 0.6 is 0 Å². The fourth-order valence-corrected chi connectivity index (χ4v) is 5.59. The summed E-state index contributed by atoms with van der Waals surface area (Å²) in [5.41, 5.74) is 1.55. The van der Waals surface area contributed by atoms with Crippen molar-refractivity contribution in [3.63, 3.8) is 0 Å². The van der Waals surface area contributed by atoms with E-state index in [9.17, 15) is 4.79 Å². The molecular weight excluding hydrogens is 384 g/mol. The Kier molecular flexibility index (Phi) is 9.63. The van der Waals surface area contributed by atoms with Crippen LogP contribution in [-0.2, 0) is 28.5 Å². The minimum absolute atomic E-state index is 0.0660. The lowest BCUT2D eigenvalue weighted by Gasteiger charge is -2.33. The fourth-order valence-electron chi connectivity index (χ4n) is 5.59. The second-order valence-electron chi connectivity index (χ2n) is 8.91. The predicted molar refractivity (Wildman–Crippen MR) is 114 cm³/mol. The lowest BCUT2D eigenvalue weighted by atomic mass is 9.87. The molecule has 1 aliphatic heterocycles. The van der Waals surface area contributed by atoms with Crippen molar-refractivity contribution in [2.24, 2.45) is 17.8 Å². The highest BCUT2D eigenvalue weighted by Gasteiger charge is 2.50. The van der Waals surface area contributed by atoms with Gasteiger partial charge in [0.1, 0.15) is 0 Å². The number of carbonyl (C=O) groups excluding carboxylic acids is 1. The number of fused-ring (bicyclic) bond motifs is 1. The third kappa shape index (κ3) is 6.28. The smallest absolute Gasteiger partial charge is 0.305 e. The van der Waals surface area contributed by atoms with E-state index in [4.69, 9.17) is 23.7 Å². The quantitative estimate of drug-likeness (QED) is 0.280. The average molecular weight is 425 g/mol. The van der Waals surface area contributed by atoms with Crippen molar-refractivity contribution in [2.75, 3.05) is 34.0 Å². The molecule has 0 bridgehead atoms. The van der Waals surface area contributed by atoms with Crippen LogP contribution in [0.1, 0.15) is 64.7 Å². The van der Waals surface area contributed by atoms with Crippen LogP contribution in [0.4, 0.5) is 0 Å². The third-order valence-corrected chi connectivity index (χ3v) is 7.06. The summed E-state index contributed by atoms with van der Waals surface area (Å²) in [6, 6.07) is 0. The van der Waals surface area contributed by atoms with Crippen LogP contribution in [0, 0.1) is 17.8 Å². The van der Waals surface area contributed by atoms with Crippen molar-refractivity contribution in [2.45, 2.75) is 83.2 Å². The highest BCUT2D eigenvalue weighted by Crippen LogP contribution is 2.53. The van der Waals surface area contributed by atoms with Gasteiger partial charge in [0.25, 0.3) is 0 Å². The molecule has 6 atom stereocenters. The lowest BCUT2D eigenvalue weighted by molar-refractivity contribution is -0.204. The Morgan fingerprint density at radius 2 is 2.10 bits per heavy atom. The van der Waals surface area contributed by atoms with Gasteiger partial charge in [-0.3, -0.25) is 4.79 Å². The summed E-state index contributed by atoms with van der Waals surface area (Å²) in [6.07, 6.45) is 11.6. The number of rotatable bonds is 11. The van der Waals surface area contributed by atoms with Gasteiger partial charge in [0.2, 0.25) is 0 Å². The Hall–Kier alpha value is -0.950. The first-order valence-electron chi connectivity index (χ1n) is 11.8. The largest absolute Gasteiger partial charge is 0.469 e. The van der Waals surface area contributed by atoms with Crippen LogP contribution in [0.5, 0.6) is 0 Å². The summed E-state index contributed by atoms with van der Waals surface area (Å²) in [5, 5.41) is 0. The maximum atomic E-state index is 11.4. The number of methoxy groups -OCH3 is 2. The van der Waals surface area contributed by atoms with Crippen molar-refractivity contribution in [3.8, 4) is 0 Å². The summed E-state index contributed by atoms with van der Waals surface area (Å²) in [5.74, 6) is 1.43. The lowest BCUT2D eigenvalue weighted by Crippen LogP contribution is -2.37. The number of allylic oxidation sites excluding steroid dienone is 2. The fraction of sp³-hybridized carbons (Fsp3) is 0.875. The van der Waals surface area contributed by atoms with Crippen molar-refractivity contribution >= 4 is 5.97 Å². The van der Waals surface area contributed by atoms with Crippen LogP contribution in [0.25, 0.3) is 0 Å². The summed E-state index contributed by atoms with van der Waals surface area (Å²) < 4.78 is 28.5. The Morgan fingerprint density at radius 3 is 2.83 bits per heavy atom. The van der Waals surface area contributed by atoms with E-state index < -0.39 is 0 Å². The second kappa shape index (κ2) is 12.2. The molecule has 6 unspecified atom stereocenters. The van der Waals surface area contributed by atoms with Gasteiger partial charge in [-0.05, 0) is 70.1 Å². The zero-order valence-corrected chi connectivity index (χ0v) is 19.0. The zero-order chi connectivity index (χ0) is 21.3. The molecule has 0 aromatic carbocycles. The molecule has 0 radical (unpaired) electrons. The summed E-state index contributed by atoms with van der Waals surface area (Å²) in [4.78, 5) is 11.4. The van der Waals surface area contributed by atoms with Crippen LogP contribution in [0.15, 0.2) is 11.6 Å². The molecule has 30 heavy (non-hydrogen) atoms. The van der Waals surface area contributed by atoms with Gasteiger partial charge >= 0.3 is 5.97 Å². The Morgan fingerprint density at radius 1 is 1.23 bits per heavy atom. The molecule has 1 saturated heterocycles. The van der Waals surface area contributed by atoms with Crippen LogP contribution in [-0.4, -0.2) is 58.5 Å². The minimum atomic E-state index is -0.124. The first-order valence-corrected chi connectivity index (χ1v) is 11.8. The number of hydrogen-bond acceptors (Lipinski definition) is 6. The van der Waals surface area contributed by atoms with Gasteiger partial charge in [0.15, 0.2) is 6.29 Å². The molecule has 3 rings (SSSR count). The van der Waals surface area contributed by atoms with Crippen LogP contribution in [0.2, 0.25) is 0 Å². The Labute approximate surface area is 181 Å². The number of carbonyl (C=O) groups is 1. The number of esters is 1. The predicted octanol–water partition coefficient (Wildman–Crippen LogP) is 4.27. The van der Waals surface area contributed by atoms with Crippen LogP contribution in [0.3, 0.4) is 0 Å². The first kappa shape index (κ1) is 23.7. The molecule has 172 valence electrons. The number of hydrogen-bond donors (Lipinski definition) is 0. The molecule has 2 saturated carbocycles. The molecule has 0 N–H and O–H groups in total. The topological polar surface area (TPSA) is 63.2 Å². The van der Waals surface area contributed by atoms with Gasteiger partial charge in [-0.1, -0.05) is 11.6 Å². The van der Waals surface area contributed by atoms with E-state index in [0.29, 0.717) is 37.4 Å². The van der Waals surface area contributed by atoms with Gasteiger partial charge in [-0.15, -0.1) is 0 Å². The van der Waals surface area contributed by atoms with E-state index in [1.807, 2.05) is 0 Å². The molecule has 6 heteroatoms. The zero-order valence-electron chi connectivity index (χ0n) is 19.0. The molecule has 0 amide bonds. The number of unbranched alkanes of at least 4 members (excludes halogenated alkanes) is 1. The van der Waals surface area contributed by atoms with Crippen molar-refractivity contribution in [1.29, 1.82) is 0 Å². The molecule has 0 aromatic heterocycles. The van der Waals surface area contributed by atoms with E-state index in [2.05, 4.69) is 13.0 Å². The minimum Gasteiger partial charge on any atom is -0.469 e. The van der Waals surface area contributed by atoms with E-state index in [1.54, 1.807) is 12.7 Å². The average Bonchev–Trinajstić information content (AvgIpc) is 3.30. The molecule has 0 spiro atoms. The van der Waals surface area contributed by atoms with Crippen molar-refractivity contribution < 1.29 is 28.5 Å². The third-order valence-electron chi connectivity index (χ3n) is 7.06. The van der Waals surface area contributed by atoms with E-state index in [0.717, 1.165) is 45.1 Å². The Bertz CT molecular complexity index is 556. The molecule has 3 aliphatic rings. The van der Waals surface area contributed by atoms with Gasteiger partial charge in [-0.2, -0.15) is 0 Å². The highest BCUT2D eigenvalue weighted by molar-refractivity contribution is 5.69. The Balaban J connectivity index is 1.62. The monoisotopic (exact) mass is 424 g/mol. The molecule has 0 aromatic rings. The van der Waals surface area contributed by atoms with E-state index in [-0.39, 0.29) is 24.5 Å². The standard InChI is InChI=1S/C24H40O6/c1-17(28-15-14-26-2)24-19-12-11-18(8-4-5-9-22(25)27-3)20(19)16-21(24)30-23-10-6-7-13-29-23/h8,17,19-21,23-24H,4-7,9-16H2,1-3H3. The molecule has 6 nitrogen and oxygen atoms in total. The van der Waals surface area contributed by atoms with E-state index in [1.165, 1.54) is 20.0 Å². The summed E-state index contributed by atoms with van der Waals surface area (Å²) in [7, 11) is 3.16. The van der Waals surface area contributed by atoms with Crippen molar-refractivity contribution in [3.05, 3.63) is 11.6 Å². The van der Waals surface area contributed by atoms with Crippen LogP contribution < -0.4 is 0 Å². The number of ether oxygens (including phenoxy) is 5. The van der Waals surface area contributed by atoms with Gasteiger partial charge in [0.05, 0.1) is 32.5 Å². The normalized spacial score (nSPS) is 33.6. The maximum Gasteiger partial charge on any atom is 0.305 e. The molecular formula is C24H40O6. The van der Waals surface area contributed by atoms with Gasteiger partial charge < -0.3 is 23.7 Å². The summed E-state index contributed by atoms with van der Waals surface area (Å²) >= 11 is 0. The SMILES string of the molecule is COCCOC(C)C1C(OC2CCCCO2)CC2C(=CCCCC(=O)OC)CCC21. The maximum absolute atomic E-state index is 11.4. The second-order valence-corrected chi connectivity index (χ2v) is 8.91. The van der Waals surface area contributed by atoms with E-state index >= 15 is 0 Å². The van der Waals surface area contributed by atoms with Crippen molar-refractivity contribution in [1.82, 2.24) is 0 Å². The molecule has 2 aliphatic carbocycles. The highest BCUT2D eigenvalue weighted by atomic mass is 16.7.